The van der Waals surface area contributed by atoms with Gasteiger partial charge in [-0.05, 0) is 18.6 Å². The van der Waals surface area contributed by atoms with Gasteiger partial charge in [-0.1, -0.05) is 19.4 Å². The van der Waals surface area contributed by atoms with Gasteiger partial charge in [0.2, 0.25) is 0 Å². The third-order valence-electron chi connectivity index (χ3n) is 2.44. The van der Waals surface area contributed by atoms with Crippen molar-refractivity contribution >= 4 is 0 Å². The van der Waals surface area contributed by atoms with Gasteiger partial charge in [-0.15, -0.1) is 0 Å². The fraction of sp³-hybridized carbons (Fsp3) is 0.500. The predicted molar refractivity (Wildman–Crippen MR) is 61.4 cm³/mol. The van der Waals surface area contributed by atoms with Gasteiger partial charge in [-0.2, -0.15) is 0 Å². The summed E-state index contributed by atoms with van der Waals surface area (Å²) in [6, 6.07) is 5.70. The van der Waals surface area contributed by atoms with Gasteiger partial charge in [0, 0.05) is 6.04 Å². The van der Waals surface area contributed by atoms with Gasteiger partial charge in [0.05, 0.1) is 19.8 Å². The predicted octanol–water partition coefficient (Wildman–Crippen LogP) is 2.50. The molecule has 3 heteroatoms. The summed E-state index contributed by atoms with van der Waals surface area (Å²) >= 11 is 0. The second-order valence-electron chi connectivity index (χ2n) is 3.47. The molecule has 15 heavy (non-hydrogen) atoms. The number of ether oxygens (including phenoxy) is 2. The van der Waals surface area contributed by atoms with E-state index in [9.17, 15) is 0 Å². The van der Waals surface area contributed by atoms with Crippen molar-refractivity contribution in [3.63, 3.8) is 0 Å². The molecule has 0 saturated carbocycles. The summed E-state index contributed by atoms with van der Waals surface area (Å²) in [7, 11) is 3.30. The van der Waals surface area contributed by atoms with E-state index in [1.807, 2.05) is 18.2 Å². The van der Waals surface area contributed by atoms with Crippen molar-refractivity contribution in [3.8, 4) is 11.5 Å². The molecule has 0 aliphatic carbocycles. The van der Waals surface area contributed by atoms with Crippen LogP contribution in [0.25, 0.3) is 0 Å². The largest absolute Gasteiger partial charge is 0.496 e. The van der Waals surface area contributed by atoms with E-state index in [0.29, 0.717) is 0 Å². The molecule has 0 heterocycles. The lowest BCUT2D eigenvalue weighted by molar-refractivity contribution is 0.377. The molecule has 0 bridgehead atoms. The summed E-state index contributed by atoms with van der Waals surface area (Å²) in [5.74, 6) is 1.60. The summed E-state index contributed by atoms with van der Waals surface area (Å²) in [6.45, 7) is 2.11. The fourth-order valence-corrected chi connectivity index (χ4v) is 1.70. The van der Waals surface area contributed by atoms with Gasteiger partial charge >= 0.3 is 0 Å². The monoisotopic (exact) mass is 209 g/mol. The van der Waals surface area contributed by atoms with E-state index in [2.05, 4.69) is 6.92 Å². The summed E-state index contributed by atoms with van der Waals surface area (Å²) in [5.41, 5.74) is 7.06. The van der Waals surface area contributed by atoms with E-state index in [0.717, 1.165) is 29.9 Å². The first-order valence-corrected chi connectivity index (χ1v) is 5.21. The van der Waals surface area contributed by atoms with Crippen LogP contribution < -0.4 is 15.2 Å². The Labute approximate surface area is 91.2 Å². The average molecular weight is 209 g/mol. The molecule has 1 aromatic carbocycles. The summed E-state index contributed by atoms with van der Waals surface area (Å²) in [4.78, 5) is 0. The van der Waals surface area contributed by atoms with E-state index in [1.54, 1.807) is 14.2 Å². The number of hydrogen-bond acceptors (Lipinski definition) is 3. The van der Waals surface area contributed by atoms with Crippen LogP contribution in [-0.4, -0.2) is 14.2 Å². The van der Waals surface area contributed by atoms with Crippen LogP contribution in [-0.2, 0) is 0 Å². The van der Waals surface area contributed by atoms with Gasteiger partial charge in [-0.3, -0.25) is 0 Å². The highest BCUT2D eigenvalue weighted by atomic mass is 16.5. The molecule has 0 aromatic heterocycles. The second kappa shape index (κ2) is 5.61. The molecule has 1 rings (SSSR count). The Balaban J connectivity index is 3.09. The highest BCUT2D eigenvalue weighted by Crippen LogP contribution is 2.34. The fourth-order valence-electron chi connectivity index (χ4n) is 1.70. The molecule has 0 aliphatic rings. The minimum atomic E-state index is -0.0268. The minimum Gasteiger partial charge on any atom is -0.496 e. The normalized spacial score (nSPS) is 12.3. The number of benzene rings is 1. The van der Waals surface area contributed by atoms with Crippen molar-refractivity contribution in [1.82, 2.24) is 0 Å². The number of methoxy groups -OCH3 is 2. The van der Waals surface area contributed by atoms with Crippen LogP contribution in [0.1, 0.15) is 31.4 Å². The molecule has 1 aromatic rings. The van der Waals surface area contributed by atoms with Crippen LogP contribution in [0.5, 0.6) is 11.5 Å². The maximum atomic E-state index is 6.10. The third-order valence-corrected chi connectivity index (χ3v) is 2.44. The number of hydrogen-bond donors (Lipinski definition) is 1. The minimum absolute atomic E-state index is 0.0268. The molecule has 0 aliphatic heterocycles. The van der Waals surface area contributed by atoms with Crippen LogP contribution in [0.15, 0.2) is 18.2 Å². The molecule has 0 saturated heterocycles. The molecule has 0 spiro atoms. The van der Waals surface area contributed by atoms with E-state index < -0.39 is 0 Å². The maximum Gasteiger partial charge on any atom is 0.127 e. The first kappa shape index (κ1) is 11.9. The highest BCUT2D eigenvalue weighted by molar-refractivity contribution is 5.46. The Hall–Kier alpha value is -1.22. The topological polar surface area (TPSA) is 44.5 Å². The zero-order valence-corrected chi connectivity index (χ0v) is 9.62. The Morgan fingerprint density at radius 2 is 1.73 bits per heavy atom. The number of nitrogens with two attached hydrogens (primary N) is 1. The van der Waals surface area contributed by atoms with Crippen LogP contribution >= 0.6 is 0 Å². The Morgan fingerprint density at radius 1 is 1.20 bits per heavy atom. The highest BCUT2D eigenvalue weighted by Gasteiger charge is 2.16. The SMILES string of the molecule is CCC[C@H](N)c1c(OC)cccc1OC. The molecule has 1 atom stereocenters. The summed E-state index contributed by atoms with van der Waals surface area (Å²) in [5, 5.41) is 0. The van der Waals surface area contributed by atoms with Gasteiger partial charge in [-0.25, -0.2) is 0 Å². The molecule has 84 valence electrons. The molecule has 0 amide bonds. The van der Waals surface area contributed by atoms with Crippen molar-refractivity contribution < 1.29 is 9.47 Å². The molecule has 0 unspecified atom stereocenters. The van der Waals surface area contributed by atoms with Gasteiger partial charge < -0.3 is 15.2 Å². The van der Waals surface area contributed by atoms with Crippen molar-refractivity contribution in [2.24, 2.45) is 5.73 Å². The zero-order chi connectivity index (χ0) is 11.3. The average Bonchev–Trinajstić information content (AvgIpc) is 2.28. The van der Waals surface area contributed by atoms with Gasteiger partial charge in [0.25, 0.3) is 0 Å². The first-order chi connectivity index (χ1) is 7.24. The lowest BCUT2D eigenvalue weighted by atomic mass is 10.0. The summed E-state index contributed by atoms with van der Waals surface area (Å²) < 4.78 is 10.6. The molecule has 2 N–H and O–H groups in total. The number of rotatable bonds is 5. The summed E-state index contributed by atoms with van der Waals surface area (Å²) in [6.07, 6.45) is 1.97. The first-order valence-electron chi connectivity index (χ1n) is 5.21. The van der Waals surface area contributed by atoms with Crippen LogP contribution in [0, 0.1) is 0 Å². The quantitative estimate of drug-likeness (QED) is 0.810. The van der Waals surface area contributed by atoms with Crippen LogP contribution in [0.4, 0.5) is 0 Å². The molecule has 3 nitrogen and oxygen atoms in total. The Kier molecular flexibility index (Phi) is 4.43. The maximum absolute atomic E-state index is 6.10. The van der Waals surface area contributed by atoms with Gasteiger partial charge in [0.15, 0.2) is 0 Å². The van der Waals surface area contributed by atoms with Crippen molar-refractivity contribution in [3.05, 3.63) is 23.8 Å². The second-order valence-corrected chi connectivity index (χ2v) is 3.47. The van der Waals surface area contributed by atoms with Crippen LogP contribution in [0.2, 0.25) is 0 Å². The van der Waals surface area contributed by atoms with E-state index in [4.69, 9.17) is 15.2 Å². The van der Waals surface area contributed by atoms with Crippen molar-refractivity contribution in [1.29, 1.82) is 0 Å². The molecule has 0 radical (unpaired) electrons. The lowest BCUT2D eigenvalue weighted by Crippen LogP contribution is -2.12. The third kappa shape index (κ3) is 2.63. The van der Waals surface area contributed by atoms with E-state index in [1.165, 1.54) is 0 Å². The molecular weight excluding hydrogens is 190 g/mol. The van der Waals surface area contributed by atoms with E-state index in [-0.39, 0.29) is 6.04 Å². The van der Waals surface area contributed by atoms with E-state index >= 15 is 0 Å². The zero-order valence-electron chi connectivity index (χ0n) is 9.62. The smallest absolute Gasteiger partial charge is 0.127 e. The van der Waals surface area contributed by atoms with Crippen molar-refractivity contribution in [2.75, 3.05) is 14.2 Å². The molecule has 0 fully saturated rings. The molecular formula is C12H19NO2. The van der Waals surface area contributed by atoms with Crippen LogP contribution in [0.3, 0.4) is 0 Å². The lowest BCUT2D eigenvalue weighted by Gasteiger charge is -2.18. The Bertz CT molecular complexity index is 290. The standard InChI is InChI=1S/C12H19NO2/c1-4-6-9(13)12-10(14-2)7-5-8-11(12)15-3/h5,7-9H,4,6,13H2,1-3H3/t9-/m0/s1. The van der Waals surface area contributed by atoms with Crippen molar-refractivity contribution in [2.45, 2.75) is 25.8 Å². The Morgan fingerprint density at radius 3 is 2.13 bits per heavy atom. The van der Waals surface area contributed by atoms with Gasteiger partial charge in [0.1, 0.15) is 11.5 Å².